The highest BCUT2D eigenvalue weighted by Crippen LogP contribution is 2.28. The number of carbonyl (C=O) groups is 1. The van der Waals surface area contributed by atoms with E-state index in [1.165, 1.54) is 6.07 Å². The van der Waals surface area contributed by atoms with Crippen molar-refractivity contribution in [2.45, 2.75) is 0 Å². The van der Waals surface area contributed by atoms with Crippen LogP contribution >= 0.6 is 22.6 Å². The summed E-state index contributed by atoms with van der Waals surface area (Å²) in [5.74, 6) is -0.443. The van der Waals surface area contributed by atoms with Crippen molar-refractivity contribution in [3.05, 3.63) is 63.0 Å². The zero-order chi connectivity index (χ0) is 15.0. The number of hydrogen-bond acceptors (Lipinski definition) is 2. The molecule has 0 saturated heterocycles. The molecule has 3 rings (SSSR count). The number of halogens is 2. The molecular weight excluding hydrogens is 378 g/mol. The number of anilines is 1. The molecule has 1 aliphatic heterocycles. The van der Waals surface area contributed by atoms with Crippen molar-refractivity contribution >= 4 is 39.9 Å². The van der Waals surface area contributed by atoms with Gasteiger partial charge in [0.05, 0.1) is 11.4 Å². The van der Waals surface area contributed by atoms with Gasteiger partial charge in [-0.25, -0.2) is 4.39 Å². The van der Waals surface area contributed by atoms with Crippen LogP contribution in [-0.2, 0) is 4.79 Å². The summed E-state index contributed by atoms with van der Waals surface area (Å²) < 4.78 is 15.1. The molecule has 2 aromatic carbocycles. The van der Waals surface area contributed by atoms with Gasteiger partial charge in [0, 0.05) is 21.7 Å². The van der Waals surface area contributed by atoms with Gasteiger partial charge in [0.25, 0.3) is 0 Å². The quantitative estimate of drug-likeness (QED) is 0.689. The second-order valence-electron chi connectivity index (χ2n) is 4.76. The van der Waals surface area contributed by atoms with Crippen molar-refractivity contribution in [3.8, 4) is 0 Å². The zero-order valence-electron chi connectivity index (χ0n) is 11.3. The molecule has 106 valence electrons. The SMILES string of the molecule is CN1C(=O)CN=C(c2ccccc2F)c2cc([123I])ccc21. The minimum Gasteiger partial charge on any atom is -0.313 e. The Bertz CT molecular complexity index is 758. The summed E-state index contributed by atoms with van der Waals surface area (Å²) in [5, 5.41) is 0. The standard InChI is InChI=1S/C16H12FIN2O/c1-20-14-7-6-10(18)8-12(14)16(19-9-15(20)21)11-4-2-3-5-13(11)17/h2-8H,9H2,1H3/i18-4. The van der Waals surface area contributed by atoms with Gasteiger partial charge in [-0.3, -0.25) is 9.79 Å². The average molecular weight is 390 g/mol. The Balaban J connectivity index is 2.26. The number of nitrogens with zero attached hydrogens (tertiary/aromatic N) is 2. The van der Waals surface area contributed by atoms with Crippen molar-refractivity contribution in [2.24, 2.45) is 4.99 Å². The first-order chi connectivity index (χ1) is 10.1. The van der Waals surface area contributed by atoms with E-state index in [4.69, 9.17) is 0 Å². The maximum Gasteiger partial charge on any atom is 0.248 e. The molecule has 1 heterocycles. The van der Waals surface area contributed by atoms with Gasteiger partial charge in [0.1, 0.15) is 12.4 Å². The highest BCUT2D eigenvalue weighted by Gasteiger charge is 2.23. The molecule has 1 amide bonds. The van der Waals surface area contributed by atoms with Crippen LogP contribution in [0.2, 0.25) is 0 Å². The number of amides is 1. The van der Waals surface area contributed by atoms with Crippen molar-refractivity contribution in [1.29, 1.82) is 0 Å². The fraction of sp³-hybridized carbons (Fsp3) is 0.125. The van der Waals surface area contributed by atoms with Crippen molar-refractivity contribution < 1.29 is 9.18 Å². The zero-order valence-corrected chi connectivity index (χ0v) is 13.5. The van der Waals surface area contributed by atoms with E-state index in [0.29, 0.717) is 11.3 Å². The van der Waals surface area contributed by atoms with Gasteiger partial charge < -0.3 is 4.90 Å². The van der Waals surface area contributed by atoms with Crippen LogP contribution in [0.5, 0.6) is 0 Å². The smallest absolute Gasteiger partial charge is 0.248 e. The lowest BCUT2D eigenvalue weighted by Crippen LogP contribution is -2.27. The number of rotatable bonds is 1. The highest BCUT2D eigenvalue weighted by molar-refractivity contribution is 14.1. The van der Waals surface area contributed by atoms with E-state index >= 15 is 0 Å². The molecule has 0 atom stereocenters. The van der Waals surface area contributed by atoms with E-state index in [1.807, 2.05) is 18.2 Å². The number of likely N-dealkylation sites (N-methyl/N-ethyl adjacent to an activating group) is 1. The first kappa shape index (κ1) is 14.2. The molecule has 1 aliphatic rings. The number of benzodiazepines with no additional fused rings is 1. The predicted octanol–water partition coefficient (Wildman–Crippen LogP) is 3.24. The largest absolute Gasteiger partial charge is 0.313 e. The summed E-state index contributed by atoms with van der Waals surface area (Å²) in [4.78, 5) is 18.0. The van der Waals surface area contributed by atoms with Gasteiger partial charge in [-0.1, -0.05) is 12.1 Å². The predicted molar refractivity (Wildman–Crippen MR) is 89.5 cm³/mol. The molecule has 0 aliphatic carbocycles. The van der Waals surface area contributed by atoms with E-state index in [9.17, 15) is 9.18 Å². The van der Waals surface area contributed by atoms with E-state index in [-0.39, 0.29) is 18.3 Å². The molecule has 0 N–H and O–H groups in total. The van der Waals surface area contributed by atoms with Crippen molar-refractivity contribution in [1.82, 2.24) is 0 Å². The van der Waals surface area contributed by atoms with Crippen LogP contribution in [-0.4, -0.2) is 25.2 Å². The molecule has 3 nitrogen and oxygen atoms in total. The van der Waals surface area contributed by atoms with Crippen molar-refractivity contribution in [2.75, 3.05) is 18.5 Å². The molecule has 0 spiro atoms. The van der Waals surface area contributed by atoms with E-state index in [1.54, 1.807) is 30.1 Å². The molecule has 0 bridgehead atoms. The minimum atomic E-state index is -0.335. The second kappa shape index (κ2) is 5.55. The minimum absolute atomic E-state index is 0.0193. The van der Waals surface area contributed by atoms with Gasteiger partial charge in [-0.2, -0.15) is 0 Å². The first-order valence-corrected chi connectivity index (χ1v) is 7.51. The fourth-order valence-corrected chi connectivity index (χ4v) is 2.84. The normalized spacial score (nSPS) is 14.5. The van der Waals surface area contributed by atoms with E-state index in [0.717, 1.165) is 14.8 Å². The molecule has 0 radical (unpaired) electrons. The summed E-state index contributed by atoms with van der Waals surface area (Å²) in [7, 11) is 1.72. The maximum atomic E-state index is 14.1. The number of aliphatic imine (C=N–C) groups is 1. The third-order valence-corrected chi connectivity index (χ3v) is 4.12. The summed E-state index contributed by atoms with van der Waals surface area (Å²) >= 11 is 2.20. The van der Waals surface area contributed by atoms with Gasteiger partial charge in [0.2, 0.25) is 5.91 Å². The first-order valence-electron chi connectivity index (χ1n) is 6.44. The van der Waals surface area contributed by atoms with Gasteiger partial charge in [0.15, 0.2) is 0 Å². The lowest BCUT2D eigenvalue weighted by atomic mass is 10.00. The van der Waals surface area contributed by atoms with Crippen LogP contribution < -0.4 is 4.90 Å². The number of fused-ring (bicyclic) bond motifs is 1. The highest BCUT2D eigenvalue weighted by atomic mass is 123. The Kier molecular flexibility index (Phi) is 3.75. The Morgan fingerprint density at radius 2 is 1.95 bits per heavy atom. The molecule has 0 unspecified atom stereocenters. The fourth-order valence-electron chi connectivity index (χ4n) is 2.35. The Morgan fingerprint density at radius 3 is 2.71 bits per heavy atom. The molecule has 21 heavy (non-hydrogen) atoms. The molecular formula is C16H12FIN2O. The van der Waals surface area contributed by atoms with E-state index in [2.05, 4.69) is 27.6 Å². The van der Waals surface area contributed by atoms with Crippen LogP contribution in [0.25, 0.3) is 0 Å². The molecule has 5 heteroatoms. The molecule has 0 fully saturated rings. The Hall–Kier alpha value is -1.76. The second-order valence-corrected chi connectivity index (χ2v) is 6.00. The van der Waals surface area contributed by atoms with Crippen LogP contribution in [0.3, 0.4) is 0 Å². The third-order valence-electron chi connectivity index (χ3n) is 3.45. The van der Waals surface area contributed by atoms with Gasteiger partial charge in [-0.05, 0) is 52.9 Å². The van der Waals surface area contributed by atoms with Crippen LogP contribution in [0.1, 0.15) is 11.1 Å². The van der Waals surface area contributed by atoms with Gasteiger partial charge >= 0.3 is 0 Å². The summed E-state index contributed by atoms with van der Waals surface area (Å²) in [6.07, 6.45) is 0. The van der Waals surface area contributed by atoms with Gasteiger partial charge in [-0.15, -0.1) is 0 Å². The number of hydrogen-bond donors (Lipinski definition) is 0. The van der Waals surface area contributed by atoms with E-state index < -0.39 is 0 Å². The monoisotopic (exact) mass is 390 g/mol. The lowest BCUT2D eigenvalue weighted by Gasteiger charge is -2.18. The number of carbonyl (C=O) groups excluding carboxylic acids is 1. The molecule has 2 aromatic rings. The van der Waals surface area contributed by atoms with Crippen molar-refractivity contribution in [3.63, 3.8) is 0 Å². The Morgan fingerprint density at radius 1 is 1.19 bits per heavy atom. The summed E-state index contributed by atoms with van der Waals surface area (Å²) in [5.41, 5.74) is 2.48. The number of benzene rings is 2. The summed E-state index contributed by atoms with van der Waals surface area (Å²) in [6, 6.07) is 12.2. The third kappa shape index (κ3) is 2.57. The van der Waals surface area contributed by atoms with Crippen LogP contribution in [0.15, 0.2) is 47.5 Å². The van der Waals surface area contributed by atoms with Crippen LogP contribution in [0.4, 0.5) is 10.1 Å². The summed E-state index contributed by atoms with van der Waals surface area (Å²) in [6.45, 7) is 0.0193. The topological polar surface area (TPSA) is 32.7 Å². The van der Waals surface area contributed by atoms with Crippen LogP contribution in [0, 0.1) is 9.39 Å². The lowest BCUT2D eigenvalue weighted by molar-refractivity contribution is -0.116. The Labute approximate surface area is 135 Å². The average Bonchev–Trinajstić information content (AvgIpc) is 2.59. The maximum absolute atomic E-state index is 14.1. The molecule has 0 aromatic heterocycles. The molecule has 0 saturated carbocycles.